The molecule has 0 atom stereocenters. The average Bonchev–Trinajstić information content (AvgIpc) is 2.40. The van der Waals surface area contributed by atoms with Crippen LogP contribution in [0.2, 0.25) is 0 Å². The van der Waals surface area contributed by atoms with Crippen molar-refractivity contribution in [3.63, 3.8) is 0 Å². The fourth-order valence-electron chi connectivity index (χ4n) is 2.43. The Morgan fingerprint density at radius 1 is 1.26 bits per heavy atom. The van der Waals surface area contributed by atoms with Gasteiger partial charge < -0.3 is 15.2 Å². The largest absolute Gasteiger partial charge is 0.493 e. The van der Waals surface area contributed by atoms with Crippen molar-refractivity contribution in [2.45, 2.75) is 25.4 Å². The van der Waals surface area contributed by atoms with Crippen molar-refractivity contribution in [1.29, 1.82) is 0 Å². The van der Waals surface area contributed by atoms with E-state index in [2.05, 4.69) is 26.9 Å². The van der Waals surface area contributed by atoms with Crippen molar-refractivity contribution in [3.05, 3.63) is 22.2 Å². The number of hydrogen-bond acceptors (Lipinski definition) is 4. The van der Waals surface area contributed by atoms with E-state index in [1.807, 2.05) is 6.07 Å². The Balaban J connectivity index is 2.10. The number of nitrogens with two attached hydrogens (primary N) is 1. The monoisotopic (exact) mass is 328 g/mol. The van der Waals surface area contributed by atoms with Crippen LogP contribution in [0.1, 0.15) is 18.4 Å². The minimum Gasteiger partial charge on any atom is -0.493 e. The first-order chi connectivity index (χ1) is 9.13. The number of halogens is 1. The van der Waals surface area contributed by atoms with E-state index in [1.54, 1.807) is 14.2 Å². The molecule has 0 amide bonds. The summed E-state index contributed by atoms with van der Waals surface area (Å²) in [4.78, 5) is 2.43. The van der Waals surface area contributed by atoms with Gasteiger partial charge in [-0.25, -0.2) is 0 Å². The maximum Gasteiger partial charge on any atom is 0.174 e. The molecular weight excluding hydrogens is 308 g/mol. The van der Waals surface area contributed by atoms with E-state index in [1.165, 1.54) is 5.56 Å². The molecule has 19 heavy (non-hydrogen) atoms. The highest BCUT2D eigenvalue weighted by Gasteiger charge is 2.17. The van der Waals surface area contributed by atoms with Crippen LogP contribution in [0.25, 0.3) is 0 Å². The quantitative estimate of drug-likeness (QED) is 0.921. The van der Waals surface area contributed by atoms with Crippen LogP contribution in [-0.4, -0.2) is 38.3 Å². The molecule has 1 aliphatic rings. The van der Waals surface area contributed by atoms with Gasteiger partial charge >= 0.3 is 0 Å². The molecule has 106 valence electrons. The summed E-state index contributed by atoms with van der Waals surface area (Å²) in [6.07, 6.45) is 2.16. The van der Waals surface area contributed by atoms with E-state index < -0.39 is 0 Å². The first-order valence-electron chi connectivity index (χ1n) is 6.52. The van der Waals surface area contributed by atoms with Crippen molar-refractivity contribution >= 4 is 15.9 Å². The summed E-state index contributed by atoms with van der Waals surface area (Å²) in [5.74, 6) is 1.51. The molecule has 2 N–H and O–H groups in total. The maximum atomic E-state index is 5.93. The van der Waals surface area contributed by atoms with Gasteiger partial charge in [-0.2, -0.15) is 0 Å². The van der Waals surface area contributed by atoms with Gasteiger partial charge in [0.15, 0.2) is 11.5 Å². The van der Waals surface area contributed by atoms with Crippen LogP contribution in [0.3, 0.4) is 0 Å². The molecule has 2 rings (SSSR count). The van der Waals surface area contributed by atoms with Crippen LogP contribution in [0.5, 0.6) is 11.5 Å². The van der Waals surface area contributed by atoms with Crippen LogP contribution in [0.15, 0.2) is 16.6 Å². The van der Waals surface area contributed by atoms with Crippen molar-refractivity contribution in [2.24, 2.45) is 5.73 Å². The Morgan fingerprint density at radius 2 is 1.95 bits per heavy atom. The topological polar surface area (TPSA) is 47.7 Å². The SMILES string of the molecule is COc1cc(CN2CCC(N)CC2)cc(Br)c1OC. The van der Waals surface area contributed by atoms with Crippen LogP contribution < -0.4 is 15.2 Å². The lowest BCUT2D eigenvalue weighted by Gasteiger charge is -2.30. The number of likely N-dealkylation sites (tertiary alicyclic amines) is 1. The molecule has 1 aromatic rings. The predicted molar refractivity (Wildman–Crippen MR) is 79.7 cm³/mol. The summed E-state index contributed by atoms with van der Waals surface area (Å²) in [5, 5.41) is 0. The summed E-state index contributed by atoms with van der Waals surface area (Å²) in [7, 11) is 3.31. The van der Waals surface area contributed by atoms with Gasteiger partial charge in [0.2, 0.25) is 0 Å². The van der Waals surface area contributed by atoms with E-state index in [4.69, 9.17) is 15.2 Å². The van der Waals surface area contributed by atoms with E-state index in [-0.39, 0.29) is 0 Å². The molecule has 5 heteroatoms. The second-order valence-corrected chi connectivity index (χ2v) is 5.78. The average molecular weight is 329 g/mol. The van der Waals surface area contributed by atoms with E-state index in [0.29, 0.717) is 6.04 Å². The van der Waals surface area contributed by atoms with Crippen LogP contribution in [-0.2, 0) is 6.54 Å². The van der Waals surface area contributed by atoms with E-state index in [0.717, 1.165) is 48.4 Å². The molecule has 1 aromatic carbocycles. The third-order valence-corrected chi connectivity index (χ3v) is 4.12. The molecule has 1 aliphatic heterocycles. The first-order valence-corrected chi connectivity index (χ1v) is 7.31. The van der Waals surface area contributed by atoms with Gasteiger partial charge in [0, 0.05) is 12.6 Å². The van der Waals surface area contributed by atoms with Crippen molar-refractivity contribution in [3.8, 4) is 11.5 Å². The van der Waals surface area contributed by atoms with Crippen LogP contribution in [0.4, 0.5) is 0 Å². The zero-order chi connectivity index (χ0) is 13.8. The maximum absolute atomic E-state index is 5.93. The number of methoxy groups -OCH3 is 2. The first kappa shape index (κ1) is 14.6. The second-order valence-electron chi connectivity index (χ2n) is 4.93. The number of benzene rings is 1. The molecule has 1 fully saturated rings. The fraction of sp³-hybridized carbons (Fsp3) is 0.571. The van der Waals surface area contributed by atoms with Gasteiger partial charge in [0.05, 0.1) is 18.7 Å². The zero-order valence-corrected chi connectivity index (χ0v) is 13.1. The number of piperidine rings is 1. The molecule has 1 heterocycles. The van der Waals surface area contributed by atoms with Gasteiger partial charge in [-0.1, -0.05) is 0 Å². The number of hydrogen-bond donors (Lipinski definition) is 1. The fourth-order valence-corrected chi connectivity index (χ4v) is 3.08. The summed E-state index contributed by atoms with van der Waals surface area (Å²) in [5.41, 5.74) is 7.15. The number of rotatable bonds is 4. The van der Waals surface area contributed by atoms with Crippen LogP contribution >= 0.6 is 15.9 Å². The Kier molecular flexibility index (Phi) is 5.07. The van der Waals surface area contributed by atoms with Crippen LogP contribution in [0, 0.1) is 0 Å². The Bertz CT molecular complexity index is 432. The standard InChI is InChI=1S/C14H21BrN2O2/c1-18-13-8-10(7-12(15)14(13)19-2)9-17-5-3-11(16)4-6-17/h7-8,11H,3-6,9,16H2,1-2H3. The summed E-state index contributed by atoms with van der Waals surface area (Å²) < 4.78 is 11.6. The summed E-state index contributed by atoms with van der Waals surface area (Å²) >= 11 is 3.53. The van der Waals surface area contributed by atoms with Crippen molar-refractivity contribution in [1.82, 2.24) is 4.90 Å². The molecule has 0 spiro atoms. The Hall–Kier alpha value is -0.780. The molecule has 0 aliphatic carbocycles. The highest BCUT2D eigenvalue weighted by Crippen LogP contribution is 2.36. The Labute approximate surface area is 123 Å². The normalized spacial score (nSPS) is 17.5. The molecule has 0 unspecified atom stereocenters. The van der Waals surface area contributed by atoms with Gasteiger partial charge in [-0.15, -0.1) is 0 Å². The van der Waals surface area contributed by atoms with Crippen molar-refractivity contribution < 1.29 is 9.47 Å². The molecule has 1 saturated heterocycles. The molecule has 0 aromatic heterocycles. The Morgan fingerprint density at radius 3 is 2.53 bits per heavy atom. The predicted octanol–water partition coefficient (Wildman–Crippen LogP) is 2.39. The van der Waals surface area contributed by atoms with Gasteiger partial charge in [0.1, 0.15) is 0 Å². The smallest absolute Gasteiger partial charge is 0.174 e. The van der Waals surface area contributed by atoms with Crippen molar-refractivity contribution in [2.75, 3.05) is 27.3 Å². The molecular formula is C14H21BrN2O2. The number of nitrogens with zero attached hydrogens (tertiary/aromatic N) is 1. The zero-order valence-electron chi connectivity index (χ0n) is 11.5. The van der Waals surface area contributed by atoms with E-state index >= 15 is 0 Å². The third-order valence-electron chi connectivity index (χ3n) is 3.53. The minimum absolute atomic E-state index is 0.369. The second kappa shape index (κ2) is 6.59. The van der Waals surface area contributed by atoms with E-state index in [9.17, 15) is 0 Å². The molecule has 4 nitrogen and oxygen atoms in total. The van der Waals surface area contributed by atoms with Gasteiger partial charge in [0.25, 0.3) is 0 Å². The lowest BCUT2D eigenvalue weighted by Crippen LogP contribution is -2.39. The summed E-state index contributed by atoms with van der Waals surface area (Å²) in [6.45, 7) is 3.05. The molecule has 0 saturated carbocycles. The number of ether oxygens (including phenoxy) is 2. The lowest BCUT2D eigenvalue weighted by molar-refractivity contribution is 0.205. The molecule has 0 radical (unpaired) electrons. The van der Waals surface area contributed by atoms with Gasteiger partial charge in [-0.3, -0.25) is 4.90 Å². The third kappa shape index (κ3) is 3.61. The van der Waals surface area contributed by atoms with Gasteiger partial charge in [-0.05, 0) is 59.6 Å². The molecule has 0 bridgehead atoms. The summed E-state index contributed by atoms with van der Waals surface area (Å²) in [6, 6.07) is 4.50. The lowest BCUT2D eigenvalue weighted by atomic mass is 10.1. The highest BCUT2D eigenvalue weighted by atomic mass is 79.9. The minimum atomic E-state index is 0.369. The highest BCUT2D eigenvalue weighted by molar-refractivity contribution is 9.10.